The van der Waals surface area contributed by atoms with E-state index in [1.165, 1.54) is 18.4 Å². The van der Waals surface area contributed by atoms with Crippen molar-refractivity contribution in [2.45, 2.75) is 32.2 Å². The number of carboxylic acids is 1. The Morgan fingerprint density at radius 1 is 1.19 bits per heavy atom. The number of anilines is 2. The molecule has 2 aromatic carbocycles. The zero-order valence-electron chi connectivity index (χ0n) is 14.5. The zero-order valence-corrected chi connectivity index (χ0v) is 16.8. The molecule has 1 heterocycles. The molecule has 1 fully saturated rings. The largest absolute Gasteiger partial charge is 0.481 e. The van der Waals surface area contributed by atoms with Crippen LogP contribution in [0.4, 0.5) is 11.4 Å². The molecule has 0 aliphatic carbocycles. The summed E-state index contributed by atoms with van der Waals surface area (Å²) in [7, 11) is 0. The van der Waals surface area contributed by atoms with Crippen molar-refractivity contribution in [3.63, 3.8) is 0 Å². The average Bonchev–Trinajstić information content (AvgIpc) is 3.05. The second-order valence-electron chi connectivity index (χ2n) is 5.90. The summed E-state index contributed by atoms with van der Waals surface area (Å²) >= 11 is 12.5. The van der Waals surface area contributed by atoms with Crippen LogP contribution in [0, 0.1) is 0 Å². The minimum absolute atomic E-state index is 0. The second kappa shape index (κ2) is 11.3. The van der Waals surface area contributed by atoms with Gasteiger partial charge in [0.25, 0.3) is 5.97 Å². The van der Waals surface area contributed by atoms with Gasteiger partial charge in [0.2, 0.25) is 0 Å². The molecule has 0 saturated carbocycles. The molecule has 0 amide bonds. The number of benzene rings is 2. The highest BCUT2D eigenvalue weighted by Gasteiger charge is 2.16. The zero-order chi connectivity index (χ0) is 18.2. The van der Waals surface area contributed by atoms with Gasteiger partial charge in [-0.25, -0.2) is 0 Å². The predicted molar refractivity (Wildman–Crippen MR) is 111 cm³/mol. The molecule has 0 radical (unpaired) electrons. The van der Waals surface area contributed by atoms with Crippen molar-refractivity contribution >= 4 is 53.0 Å². The number of carbonyl (C=O) groups is 1. The molecule has 2 aromatic rings. The van der Waals surface area contributed by atoms with Crippen LogP contribution in [-0.2, 0) is 11.2 Å². The Morgan fingerprint density at radius 2 is 1.81 bits per heavy atom. The van der Waals surface area contributed by atoms with E-state index in [4.69, 9.17) is 33.1 Å². The van der Waals surface area contributed by atoms with Crippen molar-refractivity contribution in [2.24, 2.45) is 0 Å². The van der Waals surface area contributed by atoms with Crippen LogP contribution < -0.4 is 10.6 Å². The average molecular weight is 418 g/mol. The van der Waals surface area contributed by atoms with Crippen molar-refractivity contribution in [1.82, 2.24) is 5.32 Å². The highest BCUT2D eigenvalue weighted by Crippen LogP contribution is 2.34. The summed E-state index contributed by atoms with van der Waals surface area (Å²) < 4.78 is 0. The van der Waals surface area contributed by atoms with Crippen molar-refractivity contribution in [1.29, 1.82) is 0 Å². The topological polar surface area (TPSA) is 61.4 Å². The van der Waals surface area contributed by atoms with E-state index in [0.29, 0.717) is 16.1 Å². The van der Waals surface area contributed by atoms with Crippen molar-refractivity contribution in [2.75, 3.05) is 11.9 Å². The van der Waals surface area contributed by atoms with Crippen LogP contribution in [0.1, 0.15) is 25.3 Å². The summed E-state index contributed by atoms with van der Waals surface area (Å²) in [6.45, 7) is 2.20. The first-order valence-corrected chi connectivity index (χ1v) is 8.95. The standard InChI is InChI=1S/C17H18Cl2N2.C2H4O2.ClH/c18-14-7-3-8-15(19)17(14)21-16-9-2-1-5-12(16)11-13-6-4-10-20-13;1-2(3)4;/h1-3,5,7-9,13,20-21H,4,6,10-11H2;1H3,(H,3,4);1H. The van der Waals surface area contributed by atoms with Gasteiger partial charge in [-0.15, -0.1) is 12.4 Å². The lowest BCUT2D eigenvalue weighted by molar-refractivity contribution is -0.134. The molecule has 3 rings (SSSR count). The molecule has 1 aliphatic rings. The lowest BCUT2D eigenvalue weighted by atomic mass is 10.0. The number of halogens is 3. The van der Waals surface area contributed by atoms with E-state index in [9.17, 15) is 0 Å². The monoisotopic (exact) mass is 416 g/mol. The summed E-state index contributed by atoms with van der Waals surface area (Å²) in [5, 5.41) is 15.6. The van der Waals surface area contributed by atoms with Gasteiger partial charge in [-0.05, 0) is 49.6 Å². The summed E-state index contributed by atoms with van der Waals surface area (Å²) in [5.41, 5.74) is 3.13. The molecule has 3 N–H and O–H groups in total. The van der Waals surface area contributed by atoms with Gasteiger partial charge in [0.1, 0.15) is 0 Å². The molecule has 1 unspecified atom stereocenters. The molecular formula is C19H23Cl3N2O2. The molecule has 0 bridgehead atoms. The van der Waals surface area contributed by atoms with Crippen LogP contribution in [0.15, 0.2) is 42.5 Å². The number of hydrogen-bond acceptors (Lipinski definition) is 3. The lowest BCUT2D eigenvalue weighted by Gasteiger charge is -2.17. The first-order chi connectivity index (χ1) is 12.0. The number of hydrogen-bond donors (Lipinski definition) is 3. The fourth-order valence-electron chi connectivity index (χ4n) is 2.77. The Hall–Kier alpha value is -1.46. The van der Waals surface area contributed by atoms with Crippen LogP contribution in [0.2, 0.25) is 10.0 Å². The maximum absolute atomic E-state index is 9.00. The molecular weight excluding hydrogens is 395 g/mol. The molecule has 26 heavy (non-hydrogen) atoms. The molecule has 0 spiro atoms. The van der Waals surface area contributed by atoms with E-state index in [1.807, 2.05) is 24.3 Å². The lowest BCUT2D eigenvalue weighted by Crippen LogP contribution is -2.23. The molecule has 4 nitrogen and oxygen atoms in total. The van der Waals surface area contributed by atoms with Gasteiger partial charge in [-0.3, -0.25) is 4.79 Å². The SMILES string of the molecule is CC(=O)O.Cl.Clc1cccc(Cl)c1Nc1ccccc1CC1CCCN1. The second-order valence-corrected chi connectivity index (χ2v) is 6.71. The van der Waals surface area contributed by atoms with Crippen LogP contribution in [0.5, 0.6) is 0 Å². The van der Waals surface area contributed by atoms with E-state index in [0.717, 1.165) is 31.3 Å². The first kappa shape index (κ1) is 22.6. The van der Waals surface area contributed by atoms with Crippen molar-refractivity contribution in [3.8, 4) is 0 Å². The summed E-state index contributed by atoms with van der Waals surface area (Å²) in [4.78, 5) is 9.00. The Kier molecular flexibility index (Phi) is 9.81. The van der Waals surface area contributed by atoms with E-state index >= 15 is 0 Å². The molecule has 1 aliphatic heterocycles. The third kappa shape index (κ3) is 7.04. The minimum Gasteiger partial charge on any atom is -0.481 e. The normalized spacial score (nSPS) is 15.4. The number of carboxylic acid groups (broad SMARTS) is 1. The Morgan fingerprint density at radius 3 is 2.38 bits per heavy atom. The number of para-hydroxylation sites is 2. The van der Waals surface area contributed by atoms with Gasteiger partial charge >= 0.3 is 0 Å². The quantitative estimate of drug-likeness (QED) is 0.611. The third-order valence-corrected chi connectivity index (χ3v) is 4.50. The van der Waals surface area contributed by atoms with E-state index in [-0.39, 0.29) is 12.4 Å². The summed E-state index contributed by atoms with van der Waals surface area (Å²) in [5.74, 6) is -0.833. The van der Waals surface area contributed by atoms with Gasteiger partial charge in [0, 0.05) is 18.7 Å². The van der Waals surface area contributed by atoms with Gasteiger partial charge in [0.15, 0.2) is 0 Å². The van der Waals surface area contributed by atoms with Gasteiger partial charge in [-0.2, -0.15) is 0 Å². The van der Waals surface area contributed by atoms with Crippen LogP contribution >= 0.6 is 35.6 Å². The molecule has 1 atom stereocenters. The maximum atomic E-state index is 9.00. The van der Waals surface area contributed by atoms with E-state index in [1.54, 1.807) is 0 Å². The fourth-order valence-corrected chi connectivity index (χ4v) is 3.26. The number of nitrogens with one attached hydrogen (secondary N) is 2. The maximum Gasteiger partial charge on any atom is 0.300 e. The van der Waals surface area contributed by atoms with Gasteiger partial charge in [0.05, 0.1) is 15.7 Å². The Balaban J connectivity index is 0.000000616. The van der Waals surface area contributed by atoms with Crippen LogP contribution in [0.3, 0.4) is 0 Å². The molecule has 1 saturated heterocycles. The van der Waals surface area contributed by atoms with Crippen LogP contribution in [-0.4, -0.2) is 23.7 Å². The minimum atomic E-state index is -0.833. The first-order valence-electron chi connectivity index (χ1n) is 8.19. The predicted octanol–water partition coefficient (Wildman–Crippen LogP) is 5.54. The molecule has 142 valence electrons. The number of rotatable bonds is 4. The van der Waals surface area contributed by atoms with E-state index < -0.39 is 5.97 Å². The third-order valence-electron chi connectivity index (χ3n) is 3.87. The summed E-state index contributed by atoms with van der Waals surface area (Å²) in [6.07, 6.45) is 3.52. The molecule has 7 heteroatoms. The van der Waals surface area contributed by atoms with Crippen LogP contribution in [0.25, 0.3) is 0 Å². The van der Waals surface area contributed by atoms with Gasteiger partial charge in [-0.1, -0.05) is 47.5 Å². The Bertz CT molecular complexity index is 695. The molecule has 0 aromatic heterocycles. The summed E-state index contributed by atoms with van der Waals surface area (Å²) in [6, 6.07) is 14.4. The smallest absolute Gasteiger partial charge is 0.300 e. The van der Waals surface area contributed by atoms with Gasteiger partial charge < -0.3 is 15.7 Å². The van der Waals surface area contributed by atoms with Crippen molar-refractivity contribution in [3.05, 3.63) is 58.1 Å². The van der Waals surface area contributed by atoms with E-state index in [2.05, 4.69) is 28.8 Å². The van der Waals surface area contributed by atoms with Crippen molar-refractivity contribution < 1.29 is 9.90 Å². The highest BCUT2D eigenvalue weighted by atomic mass is 35.5. The fraction of sp³-hybridized carbons (Fsp3) is 0.316. The Labute approximate surface area is 170 Å². The highest BCUT2D eigenvalue weighted by molar-refractivity contribution is 6.39. The number of aliphatic carboxylic acids is 1.